The molecule has 0 fully saturated rings. The Morgan fingerprint density at radius 2 is 2.00 bits per heavy atom. The third-order valence-electron chi connectivity index (χ3n) is 1.73. The van der Waals surface area contributed by atoms with Crippen molar-refractivity contribution in [2.75, 3.05) is 0 Å². The van der Waals surface area contributed by atoms with Crippen LogP contribution >= 0.6 is 0 Å². The Morgan fingerprint density at radius 3 is 2.38 bits per heavy atom. The fourth-order valence-corrected chi connectivity index (χ4v) is 1.05. The molecule has 3 heteroatoms. The van der Waals surface area contributed by atoms with Crippen LogP contribution in [0.4, 0.5) is 13.2 Å². The minimum absolute atomic E-state index is 0.268. The molecule has 0 atom stereocenters. The number of aryl methyl sites for hydroxylation is 1. The molecule has 0 unspecified atom stereocenters. The van der Waals surface area contributed by atoms with E-state index in [1.807, 2.05) is 6.92 Å². The first-order valence-corrected chi connectivity index (χ1v) is 4.07. The van der Waals surface area contributed by atoms with Gasteiger partial charge in [0.25, 0.3) is 0 Å². The lowest BCUT2D eigenvalue weighted by Crippen LogP contribution is -2.11. The Hall–Kier alpha value is -0.990. The van der Waals surface area contributed by atoms with Crippen molar-refractivity contribution in [3.05, 3.63) is 35.4 Å². The summed E-state index contributed by atoms with van der Waals surface area (Å²) >= 11 is 0. The summed E-state index contributed by atoms with van der Waals surface area (Å²) in [7, 11) is 0. The third-order valence-corrected chi connectivity index (χ3v) is 1.73. The number of alkyl halides is 3. The van der Waals surface area contributed by atoms with Crippen LogP contribution < -0.4 is 0 Å². The topological polar surface area (TPSA) is 0 Å². The van der Waals surface area contributed by atoms with Crippen molar-refractivity contribution in [3.63, 3.8) is 0 Å². The molecular weight excluding hydrogens is 177 g/mol. The van der Waals surface area contributed by atoms with E-state index in [0.29, 0.717) is 0 Å². The molecule has 1 radical (unpaired) electrons. The summed E-state index contributed by atoms with van der Waals surface area (Å²) in [5, 5.41) is 0. The van der Waals surface area contributed by atoms with Crippen LogP contribution in [0.1, 0.15) is 18.1 Å². The summed E-state index contributed by atoms with van der Waals surface area (Å²) in [6, 6.07) is 7.40. The summed E-state index contributed by atoms with van der Waals surface area (Å²) < 4.78 is 35.7. The fraction of sp³-hybridized carbons (Fsp3) is 0.400. The summed E-state index contributed by atoms with van der Waals surface area (Å²) in [5.41, 5.74) is 1.20. The van der Waals surface area contributed by atoms with E-state index in [9.17, 15) is 13.2 Å². The van der Waals surface area contributed by atoms with Gasteiger partial charge in [0.2, 0.25) is 0 Å². The highest BCUT2D eigenvalue weighted by molar-refractivity contribution is 5.21. The molecule has 71 valence electrons. The van der Waals surface area contributed by atoms with Gasteiger partial charge in [-0.05, 0) is 23.6 Å². The Bertz CT molecular complexity index is 258. The minimum atomic E-state index is -4.12. The number of rotatable bonds is 2. The fourth-order valence-electron chi connectivity index (χ4n) is 1.05. The zero-order chi connectivity index (χ0) is 9.90. The lowest BCUT2D eigenvalue weighted by Gasteiger charge is -2.06. The van der Waals surface area contributed by atoms with E-state index in [2.05, 4.69) is 6.07 Å². The van der Waals surface area contributed by atoms with E-state index in [1.54, 1.807) is 6.07 Å². The summed E-state index contributed by atoms with van der Waals surface area (Å²) in [5.74, 6) is 0. The second kappa shape index (κ2) is 3.81. The highest BCUT2D eigenvalue weighted by Gasteiger charge is 2.27. The van der Waals surface area contributed by atoms with Gasteiger partial charge in [-0.25, -0.2) is 0 Å². The standard InChI is InChI=1S/C10H10F3/c1-2-8-3-5-9(6-4-8)7-10(11,12)13/h3,5-6H,2,7H2,1H3. The van der Waals surface area contributed by atoms with Crippen LogP contribution in [-0.2, 0) is 12.8 Å². The molecule has 1 aromatic carbocycles. The molecular formula is C10H10F3. The smallest absolute Gasteiger partial charge is 0.171 e. The molecule has 0 saturated heterocycles. The van der Waals surface area contributed by atoms with E-state index >= 15 is 0 Å². The van der Waals surface area contributed by atoms with Crippen LogP contribution in [0.5, 0.6) is 0 Å². The zero-order valence-electron chi connectivity index (χ0n) is 7.28. The molecule has 0 heterocycles. The van der Waals surface area contributed by atoms with Gasteiger partial charge in [-0.1, -0.05) is 25.1 Å². The van der Waals surface area contributed by atoms with Crippen molar-refractivity contribution in [3.8, 4) is 0 Å². The van der Waals surface area contributed by atoms with Crippen LogP contribution in [0, 0.1) is 6.07 Å². The largest absolute Gasteiger partial charge is 0.393 e. The van der Waals surface area contributed by atoms with Gasteiger partial charge >= 0.3 is 6.18 Å². The maximum absolute atomic E-state index is 11.9. The average Bonchev–Trinajstić information content (AvgIpc) is 2.03. The Morgan fingerprint density at radius 1 is 1.31 bits per heavy atom. The van der Waals surface area contributed by atoms with Crippen molar-refractivity contribution < 1.29 is 13.2 Å². The first-order chi connectivity index (χ1) is 6.01. The predicted octanol–water partition coefficient (Wildman–Crippen LogP) is 3.15. The van der Waals surface area contributed by atoms with E-state index in [-0.39, 0.29) is 5.56 Å². The molecule has 0 aromatic heterocycles. The molecule has 0 aliphatic heterocycles. The van der Waals surface area contributed by atoms with Crippen LogP contribution in [0.2, 0.25) is 0 Å². The van der Waals surface area contributed by atoms with Crippen molar-refractivity contribution in [2.24, 2.45) is 0 Å². The van der Waals surface area contributed by atoms with E-state index in [1.165, 1.54) is 12.1 Å². The lowest BCUT2D eigenvalue weighted by molar-refractivity contribution is -0.127. The monoisotopic (exact) mass is 187 g/mol. The minimum Gasteiger partial charge on any atom is -0.171 e. The van der Waals surface area contributed by atoms with E-state index in [4.69, 9.17) is 0 Å². The molecule has 0 nitrogen and oxygen atoms in total. The van der Waals surface area contributed by atoms with Crippen LogP contribution in [0.25, 0.3) is 0 Å². The second-order valence-corrected chi connectivity index (χ2v) is 2.87. The molecule has 0 amide bonds. The number of halogens is 3. The highest BCUT2D eigenvalue weighted by atomic mass is 19.4. The normalized spacial score (nSPS) is 11.7. The maximum Gasteiger partial charge on any atom is 0.393 e. The average molecular weight is 187 g/mol. The molecule has 1 rings (SSSR count). The van der Waals surface area contributed by atoms with E-state index < -0.39 is 12.6 Å². The number of hydrogen-bond donors (Lipinski definition) is 0. The van der Waals surface area contributed by atoms with E-state index in [0.717, 1.165) is 12.0 Å². The summed E-state index contributed by atoms with van der Waals surface area (Å²) in [4.78, 5) is 0. The van der Waals surface area contributed by atoms with Gasteiger partial charge in [0, 0.05) is 0 Å². The van der Waals surface area contributed by atoms with Crippen molar-refractivity contribution in [1.29, 1.82) is 0 Å². The van der Waals surface area contributed by atoms with Crippen LogP contribution in [-0.4, -0.2) is 6.18 Å². The number of hydrogen-bond acceptors (Lipinski definition) is 0. The van der Waals surface area contributed by atoms with Gasteiger partial charge in [0.15, 0.2) is 0 Å². The number of benzene rings is 1. The zero-order valence-corrected chi connectivity index (χ0v) is 7.28. The molecule has 0 spiro atoms. The third kappa shape index (κ3) is 3.49. The Balaban J connectivity index is 2.70. The first kappa shape index (κ1) is 10.1. The van der Waals surface area contributed by atoms with Gasteiger partial charge in [0.1, 0.15) is 0 Å². The van der Waals surface area contributed by atoms with Crippen molar-refractivity contribution in [1.82, 2.24) is 0 Å². The molecule has 0 aliphatic rings. The Kier molecular flexibility index (Phi) is 2.96. The molecule has 1 aromatic rings. The van der Waals surface area contributed by atoms with Gasteiger partial charge in [-0.2, -0.15) is 13.2 Å². The predicted molar refractivity (Wildman–Crippen MR) is 44.4 cm³/mol. The molecule has 13 heavy (non-hydrogen) atoms. The SMILES string of the molecule is CCc1[c]cc(CC(F)(F)F)cc1. The van der Waals surface area contributed by atoms with Gasteiger partial charge in [0.05, 0.1) is 6.42 Å². The van der Waals surface area contributed by atoms with Gasteiger partial charge in [-0.3, -0.25) is 0 Å². The maximum atomic E-state index is 11.9. The van der Waals surface area contributed by atoms with Crippen LogP contribution in [0.15, 0.2) is 18.2 Å². The second-order valence-electron chi connectivity index (χ2n) is 2.87. The summed E-state index contributed by atoms with van der Waals surface area (Å²) in [6.07, 6.45) is -4.19. The molecule has 0 N–H and O–H groups in total. The molecule has 0 bridgehead atoms. The van der Waals surface area contributed by atoms with Crippen LogP contribution in [0.3, 0.4) is 0 Å². The Labute approximate surface area is 75.4 Å². The summed E-state index contributed by atoms with van der Waals surface area (Å²) in [6.45, 7) is 1.94. The van der Waals surface area contributed by atoms with Crippen molar-refractivity contribution >= 4 is 0 Å². The first-order valence-electron chi connectivity index (χ1n) is 4.07. The quantitative estimate of drug-likeness (QED) is 0.667. The lowest BCUT2D eigenvalue weighted by atomic mass is 10.1. The highest BCUT2D eigenvalue weighted by Crippen LogP contribution is 2.21. The van der Waals surface area contributed by atoms with Crippen molar-refractivity contribution in [2.45, 2.75) is 25.9 Å². The molecule has 0 saturated carbocycles. The van der Waals surface area contributed by atoms with Gasteiger partial charge < -0.3 is 0 Å². The molecule has 0 aliphatic carbocycles. The van der Waals surface area contributed by atoms with Gasteiger partial charge in [-0.15, -0.1) is 0 Å².